The summed E-state index contributed by atoms with van der Waals surface area (Å²) < 4.78 is 12.0. The lowest BCUT2D eigenvalue weighted by Gasteiger charge is -2.50. The third kappa shape index (κ3) is 2.74. The fourth-order valence-corrected chi connectivity index (χ4v) is 3.32. The fourth-order valence-electron chi connectivity index (χ4n) is 3.32. The second-order valence-electron chi connectivity index (χ2n) is 6.29. The Balaban J connectivity index is 1.38. The highest BCUT2D eigenvalue weighted by molar-refractivity contribution is 5.43. The van der Waals surface area contributed by atoms with Crippen LogP contribution >= 0.6 is 0 Å². The lowest BCUT2D eigenvalue weighted by Crippen LogP contribution is -2.66. The monoisotopic (exact) mass is 312 g/mol. The number of aryl methyl sites for hydroxylation is 1. The number of aromatic nitrogens is 3. The number of nitrogens with zero attached hydrogens (tertiary/aromatic N) is 4. The number of rotatable bonds is 4. The Kier molecular flexibility index (Phi) is 3.61. The molecule has 6 nitrogen and oxygen atoms in total. The lowest BCUT2D eigenvalue weighted by molar-refractivity contribution is -0.0527. The molecular weight excluding hydrogens is 292 g/mol. The third-order valence-corrected chi connectivity index (χ3v) is 4.71. The van der Waals surface area contributed by atoms with Gasteiger partial charge in [-0.2, -0.15) is 5.10 Å². The van der Waals surface area contributed by atoms with Gasteiger partial charge in [0.1, 0.15) is 11.4 Å². The number of ether oxygens (including phenoxy) is 2. The average molecular weight is 312 g/mol. The Hall–Kier alpha value is -2.21. The molecule has 2 saturated heterocycles. The first-order valence-electron chi connectivity index (χ1n) is 7.97. The minimum atomic E-state index is -0.102. The zero-order chi connectivity index (χ0) is 15.7. The van der Waals surface area contributed by atoms with Gasteiger partial charge in [0.15, 0.2) is 5.82 Å². The van der Waals surface area contributed by atoms with Gasteiger partial charge in [-0.1, -0.05) is 0 Å². The Morgan fingerprint density at radius 3 is 2.96 bits per heavy atom. The van der Waals surface area contributed by atoms with Crippen molar-refractivity contribution >= 4 is 5.82 Å². The second kappa shape index (κ2) is 5.77. The van der Waals surface area contributed by atoms with E-state index in [1.165, 1.54) is 0 Å². The molecule has 0 bridgehead atoms. The van der Waals surface area contributed by atoms with E-state index in [4.69, 9.17) is 9.47 Å². The molecule has 4 heterocycles. The minimum Gasteiger partial charge on any atom is -0.492 e. The largest absolute Gasteiger partial charge is 0.492 e. The van der Waals surface area contributed by atoms with Crippen molar-refractivity contribution in [3.05, 3.63) is 42.4 Å². The van der Waals surface area contributed by atoms with Crippen LogP contribution in [-0.4, -0.2) is 47.1 Å². The lowest BCUT2D eigenvalue weighted by atomic mass is 9.81. The summed E-state index contributed by atoms with van der Waals surface area (Å²) in [5.74, 6) is 2.14. The smallest absolute Gasteiger partial charge is 0.151 e. The van der Waals surface area contributed by atoms with Gasteiger partial charge in [0.25, 0.3) is 0 Å². The highest BCUT2D eigenvalue weighted by Gasteiger charge is 2.53. The van der Waals surface area contributed by atoms with Crippen LogP contribution in [0.3, 0.4) is 0 Å². The quantitative estimate of drug-likeness (QED) is 0.859. The van der Waals surface area contributed by atoms with Crippen LogP contribution in [0.25, 0.3) is 0 Å². The van der Waals surface area contributed by atoms with Crippen LogP contribution < -0.4 is 9.64 Å². The summed E-state index contributed by atoms with van der Waals surface area (Å²) in [6.45, 7) is 5.12. The number of hydrogen-bond donors (Lipinski definition) is 0. The predicted molar refractivity (Wildman–Crippen MR) is 85.5 cm³/mol. The average Bonchev–Trinajstić information content (AvgIpc) is 2.97. The Morgan fingerprint density at radius 2 is 2.22 bits per heavy atom. The molecular formula is C17H20N4O2. The topological polar surface area (TPSA) is 60.4 Å². The minimum absolute atomic E-state index is 0.102. The Bertz CT molecular complexity index is 656. The molecule has 4 rings (SSSR count). The summed E-state index contributed by atoms with van der Waals surface area (Å²) >= 11 is 0. The van der Waals surface area contributed by atoms with E-state index < -0.39 is 0 Å². The molecule has 23 heavy (non-hydrogen) atoms. The van der Waals surface area contributed by atoms with Crippen LogP contribution in [-0.2, 0) is 4.74 Å². The molecule has 0 saturated carbocycles. The zero-order valence-corrected chi connectivity index (χ0v) is 13.2. The number of anilines is 1. The van der Waals surface area contributed by atoms with Crippen molar-refractivity contribution in [1.82, 2.24) is 15.2 Å². The standard InChI is InChI=1S/C17H20N4O2/c1-13-4-5-16(20-19-13)21-11-17(12-21)14(6-8-23-17)10-22-15-3-2-7-18-9-15/h2-5,7,9,14H,6,8,10-12H2,1H3/t14-/m0/s1. The van der Waals surface area contributed by atoms with Gasteiger partial charge in [0, 0.05) is 18.7 Å². The summed E-state index contributed by atoms with van der Waals surface area (Å²) in [6, 6.07) is 7.83. The van der Waals surface area contributed by atoms with Crippen LogP contribution in [0, 0.1) is 12.8 Å². The normalized spacial score (nSPS) is 22.1. The second-order valence-corrected chi connectivity index (χ2v) is 6.29. The molecule has 0 amide bonds. The molecule has 1 spiro atoms. The van der Waals surface area contributed by atoms with Crippen molar-refractivity contribution in [2.45, 2.75) is 18.9 Å². The highest BCUT2D eigenvalue weighted by atomic mass is 16.5. The summed E-state index contributed by atoms with van der Waals surface area (Å²) in [7, 11) is 0. The van der Waals surface area contributed by atoms with Crippen LogP contribution in [0.15, 0.2) is 36.7 Å². The van der Waals surface area contributed by atoms with E-state index in [0.717, 1.165) is 43.4 Å². The summed E-state index contributed by atoms with van der Waals surface area (Å²) in [6.07, 6.45) is 4.53. The molecule has 6 heteroatoms. The van der Waals surface area contributed by atoms with Crippen molar-refractivity contribution < 1.29 is 9.47 Å². The van der Waals surface area contributed by atoms with Crippen molar-refractivity contribution in [2.75, 3.05) is 31.2 Å². The molecule has 0 unspecified atom stereocenters. The maximum atomic E-state index is 6.07. The third-order valence-electron chi connectivity index (χ3n) is 4.71. The molecule has 2 aliphatic rings. The first kappa shape index (κ1) is 14.4. The summed E-state index contributed by atoms with van der Waals surface area (Å²) in [4.78, 5) is 6.30. The predicted octanol–water partition coefficient (Wildman–Crippen LogP) is 1.85. The highest BCUT2D eigenvalue weighted by Crippen LogP contribution is 2.41. The Morgan fingerprint density at radius 1 is 1.30 bits per heavy atom. The van der Waals surface area contributed by atoms with Gasteiger partial charge in [-0.25, -0.2) is 0 Å². The van der Waals surface area contributed by atoms with Crippen molar-refractivity contribution in [2.24, 2.45) is 5.92 Å². The molecule has 0 radical (unpaired) electrons. The summed E-state index contributed by atoms with van der Waals surface area (Å²) in [5.41, 5.74) is 0.832. The van der Waals surface area contributed by atoms with E-state index >= 15 is 0 Å². The molecule has 0 aromatic carbocycles. The van der Waals surface area contributed by atoms with E-state index in [1.54, 1.807) is 12.4 Å². The molecule has 0 aliphatic carbocycles. The van der Waals surface area contributed by atoms with Crippen LogP contribution in [0.5, 0.6) is 5.75 Å². The molecule has 2 fully saturated rings. The van der Waals surface area contributed by atoms with Crippen LogP contribution in [0.2, 0.25) is 0 Å². The molecule has 2 aromatic heterocycles. The van der Waals surface area contributed by atoms with Crippen molar-refractivity contribution in [1.29, 1.82) is 0 Å². The van der Waals surface area contributed by atoms with Crippen molar-refractivity contribution in [3.63, 3.8) is 0 Å². The van der Waals surface area contributed by atoms with Gasteiger partial charge < -0.3 is 14.4 Å². The summed E-state index contributed by atoms with van der Waals surface area (Å²) in [5, 5.41) is 8.38. The number of hydrogen-bond acceptors (Lipinski definition) is 6. The van der Waals surface area contributed by atoms with Gasteiger partial charge >= 0.3 is 0 Å². The van der Waals surface area contributed by atoms with E-state index in [0.29, 0.717) is 12.5 Å². The van der Waals surface area contributed by atoms with E-state index in [9.17, 15) is 0 Å². The van der Waals surface area contributed by atoms with E-state index in [1.807, 2.05) is 31.2 Å². The molecule has 0 N–H and O–H groups in total. The van der Waals surface area contributed by atoms with Gasteiger partial charge in [0.2, 0.25) is 0 Å². The SMILES string of the molecule is Cc1ccc(N2CC3(C2)OCC[C@H]3COc2cccnc2)nn1. The first-order chi connectivity index (χ1) is 11.3. The van der Waals surface area contributed by atoms with Gasteiger partial charge in [-0.15, -0.1) is 5.10 Å². The zero-order valence-electron chi connectivity index (χ0n) is 13.2. The van der Waals surface area contributed by atoms with Gasteiger partial charge in [-0.05, 0) is 37.6 Å². The molecule has 1 atom stereocenters. The van der Waals surface area contributed by atoms with E-state index in [-0.39, 0.29) is 5.60 Å². The van der Waals surface area contributed by atoms with Crippen LogP contribution in [0.1, 0.15) is 12.1 Å². The Labute approximate surface area is 135 Å². The van der Waals surface area contributed by atoms with Gasteiger partial charge in [0.05, 0.1) is 31.6 Å². The van der Waals surface area contributed by atoms with E-state index in [2.05, 4.69) is 20.1 Å². The first-order valence-corrected chi connectivity index (χ1v) is 7.97. The molecule has 120 valence electrons. The maximum absolute atomic E-state index is 6.07. The molecule has 2 aromatic rings. The van der Waals surface area contributed by atoms with Crippen LogP contribution in [0.4, 0.5) is 5.82 Å². The maximum Gasteiger partial charge on any atom is 0.151 e. The van der Waals surface area contributed by atoms with Crippen molar-refractivity contribution in [3.8, 4) is 5.75 Å². The fraction of sp³-hybridized carbons (Fsp3) is 0.471. The number of pyridine rings is 1. The van der Waals surface area contributed by atoms with Gasteiger partial charge in [-0.3, -0.25) is 4.98 Å². The molecule has 2 aliphatic heterocycles.